The predicted octanol–water partition coefficient (Wildman–Crippen LogP) is 1.93. The van der Waals surface area contributed by atoms with Crippen molar-refractivity contribution in [3.63, 3.8) is 0 Å². The fourth-order valence-corrected chi connectivity index (χ4v) is 4.58. The van der Waals surface area contributed by atoms with Crippen LogP contribution in [-0.4, -0.2) is 49.4 Å². The molecule has 1 spiro atoms. The number of hydrogen-bond acceptors (Lipinski definition) is 7. The van der Waals surface area contributed by atoms with Gasteiger partial charge < -0.3 is 24.1 Å². The van der Waals surface area contributed by atoms with Crippen molar-refractivity contribution in [1.29, 1.82) is 0 Å². The minimum atomic E-state index is -0.831. The van der Waals surface area contributed by atoms with Crippen LogP contribution in [0.3, 0.4) is 0 Å². The molecule has 156 valence electrons. The van der Waals surface area contributed by atoms with Gasteiger partial charge in [0.1, 0.15) is 22.9 Å². The summed E-state index contributed by atoms with van der Waals surface area (Å²) in [4.78, 5) is 28.0. The van der Waals surface area contributed by atoms with E-state index in [1.54, 1.807) is 31.2 Å². The van der Waals surface area contributed by atoms with Crippen LogP contribution in [-0.2, 0) is 14.3 Å². The fraction of sp³-hybridized carbons (Fsp3) is 0.381. The second kappa shape index (κ2) is 6.60. The van der Waals surface area contributed by atoms with E-state index in [9.17, 15) is 9.59 Å². The number of amides is 2. The first-order valence-corrected chi connectivity index (χ1v) is 9.60. The molecule has 4 atom stereocenters. The Morgan fingerprint density at radius 2 is 1.97 bits per heavy atom. The van der Waals surface area contributed by atoms with E-state index in [-0.39, 0.29) is 11.8 Å². The third-order valence-electron chi connectivity index (χ3n) is 5.91. The second-order valence-corrected chi connectivity index (χ2v) is 7.71. The monoisotopic (exact) mass is 411 g/mol. The first kappa shape index (κ1) is 18.7. The number of aryl methyl sites for hydroxylation is 1. The third kappa shape index (κ3) is 2.69. The molecule has 2 fully saturated rings. The van der Waals surface area contributed by atoms with E-state index in [0.717, 1.165) is 0 Å². The summed E-state index contributed by atoms with van der Waals surface area (Å²) < 4.78 is 21.8. The summed E-state index contributed by atoms with van der Waals surface area (Å²) >= 11 is 0. The normalized spacial score (nSPS) is 28.7. The Bertz CT molecular complexity index is 1040. The molecule has 30 heavy (non-hydrogen) atoms. The number of benzene rings is 1. The van der Waals surface area contributed by atoms with Crippen LogP contribution in [0, 0.1) is 18.8 Å². The Morgan fingerprint density at radius 3 is 2.60 bits per heavy atom. The summed E-state index contributed by atoms with van der Waals surface area (Å²) in [6.45, 7) is 2.06. The van der Waals surface area contributed by atoms with Crippen LogP contribution in [0.4, 0.5) is 11.5 Å². The molecule has 4 heterocycles. The van der Waals surface area contributed by atoms with Gasteiger partial charge in [-0.2, -0.15) is 0 Å². The van der Waals surface area contributed by atoms with E-state index in [2.05, 4.69) is 10.5 Å². The third-order valence-corrected chi connectivity index (χ3v) is 5.91. The highest BCUT2D eigenvalue weighted by molar-refractivity contribution is 6.05. The first-order valence-electron chi connectivity index (χ1n) is 9.60. The van der Waals surface area contributed by atoms with Crippen molar-refractivity contribution in [3.8, 4) is 11.5 Å². The number of hydrogen-bond donors (Lipinski definition) is 1. The number of ether oxygens (including phenoxy) is 3. The number of anilines is 2. The number of rotatable bonds is 5. The van der Waals surface area contributed by atoms with Crippen molar-refractivity contribution in [2.75, 3.05) is 31.0 Å². The molecule has 2 aromatic rings. The van der Waals surface area contributed by atoms with Crippen LogP contribution in [0.25, 0.3) is 0 Å². The van der Waals surface area contributed by atoms with E-state index >= 15 is 0 Å². The smallest absolute Gasteiger partial charge is 0.235 e. The van der Waals surface area contributed by atoms with E-state index in [1.807, 2.05) is 12.2 Å². The molecular weight excluding hydrogens is 390 g/mol. The van der Waals surface area contributed by atoms with Crippen LogP contribution in [0.2, 0.25) is 0 Å². The molecule has 3 aliphatic rings. The number of fused-ring (bicyclic) bond motifs is 1. The molecule has 1 N–H and O–H groups in total. The number of carbonyl (C=O) groups is 2. The molecule has 3 aliphatic heterocycles. The summed E-state index contributed by atoms with van der Waals surface area (Å²) in [5, 5.41) is 6.84. The Kier molecular flexibility index (Phi) is 4.11. The molecule has 0 saturated carbocycles. The lowest BCUT2D eigenvalue weighted by molar-refractivity contribution is -0.128. The molecule has 1 aromatic heterocycles. The van der Waals surface area contributed by atoms with Gasteiger partial charge >= 0.3 is 0 Å². The summed E-state index contributed by atoms with van der Waals surface area (Å²) in [5.41, 5.74) is -0.311. The molecule has 0 radical (unpaired) electrons. The average Bonchev–Trinajstić information content (AvgIpc) is 3.48. The number of aromatic nitrogens is 1. The molecular formula is C21H21N3O6. The van der Waals surface area contributed by atoms with Gasteiger partial charge in [0.25, 0.3) is 0 Å². The highest BCUT2D eigenvalue weighted by Gasteiger charge is 2.67. The predicted molar refractivity (Wildman–Crippen MR) is 105 cm³/mol. The summed E-state index contributed by atoms with van der Waals surface area (Å²) in [5.74, 6) is 0.364. The Morgan fingerprint density at radius 1 is 1.23 bits per heavy atom. The Hall–Kier alpha value is -3.33. The number of methoxy groups -OCH3 is 2. The van der Waals surface area contributed by atoms with Crippen molar-refractivity contribution in [1.82, 2.24) is 5.16 Å². The van der Waals surface area contributed by atoms with Gasteiger partial charge in [-0.3, -0.25) is 14.5 Å². The topological polar surface area (TPSA) is 103 Å². The molecule has 0 aliphatic carbocycles. The molecule has 5 rings (SSSR count). The minimum Gasteiger partial charge on any atom is -0.497 e. The van der Waals surface area contributed by atoms with Crippen molar-refractivity contribution < 1.29 is 28.3 Å². The highest BCUT2D eigenvalue weighted by atomic mass is 16.5. The SMILES string of the molecule is COc1cc(NC(=O)C2C3C=C[C@@]4(CN(c5cc(C)on5)C(=O)C24)O3)cc(OC)c1. The largest absolute Gasteiger partial charge is 0.497 e. The number of nitrogens with zero attached hydrogens (tertiary/aromatic N) is 2. The van der Waals surface area contributed by atoms with Gasteiger partial charge in [-0.05, 0) is 6.92 Å². The fourth-order valence-electron chi connectivity index (χ4n) is 4.58. The molecule has 1 aromatic carbocycles. The zero-order valence-electron chi connectivity index (χ0n) is 16.7. The lowest BCUT2D eigenvalue weighted by Gasteiger charge is -2.23. The van der Waals surface area contributed by atoms with Gasteiger partial charge in [-0.15, -0.1) is 0 Å². The lowest BCUT2D eigenvalue weighted by atomic mass is 9.77. The molecule has 2 saturated heterocycles. The van der Waals surface area contributed by atoms with Gasteiger partial charge in [0.2, 0.25) is 11.8 Å². The maximum Gasteiger partial charge on any atom is 0.235 e. The molecule has 9 nitrogen and oxygen atoms in total. The number of carbonyl (C=O) groups excluding carboxylic acids is 2. The minimum absolute atomic E-state index is 0.196. The summed E-state index contributed by atoms with van der Waals surface area (Å²) in [7, 11) is 3.08. The van der Waals surface area contributed by atoms with Crippen LogP contribution in [0.15, 0.2) is 40.9 Å². The molecule has 2 bridgehead atoms. The van der Waals surface area contributed by atoms with Crippen LogP contribution in [0.1, 0.15) is 5.76 Å². The standard InChI is InChI=1S/C21H21N3O6/c1-11-6-16(23-30-11)24-10-21-5-4-15(29-21)17(18(21)20(24)26)19(25)22-12-7-13(27-2)9-14(8-12)28-3/h4-9,15,17-18H,10H2,1-3H3,(H,22,25)/t15?,17?,18?,21-/m0/s1. The average molecular weight is 411 g/mol. The van der Waals surface area contributed by atoms with Gasteiger partial charge in [0.15, 0.2) is 5.82 Å². The van der Waals surface area contributed by atoms with E-state index < -0.39 is 23.5 Å². The van der Waals surface area contributed by atoms with Gasteiger partial charge in [-0.1, -0.05) is 17.3 Å². The van der Waals surface area contributed by atoms with Gasteiger partial charge in [-0.25, -0.2) is 0 Å². The zero-order chi connectivity index (χ0) is 21.0. The van der Waals surface area contributed by atoms with Crippen molar-refractivity contribution >= 4 is 23.3 Å². The van der Waals surface area contributed by atoms with E-state index in [4.69, 9.17) is 18.7 Å². The van der Waals surface area contributed by atoms with Crippen molar-refractivity contribution in [2.24, 2.45) is 11.8 Å². The van der Waals surface area contributed by atoms with E-state index in [0.29, 0.717) is 35.3 Å². The van der Waals surface area contributed by atoms with Crippen LogP contribution < -0.4 is 19.7 Å². The quantitative estimate of drug-likeness (QED) is 0.750. The van der Waals surface area contributed by atoms with Gasteiger partial charge in [0, 0.05) is 30.0 Å². The molecule has 3 unspecified atom stereocenters. The van der Waals surface area contributed by atoms with Gasteiger partial charge in [0.05, 0.1) is 38.7 Å². The second-order valence-electron chi connectivity index (χ2n) is 7.71. The highest BCUT2D eigenvalue weighted by Crippen LogP contribution is 2.52. The summed E-state index contributed by atoms with van der Waals surface area (Å²) in [6.07, 6.45) is 3.30. The maximum absolute atomic E-state index is 13.3. The zero-order valence-corrected chi connectivity index (χ0v) is 16.7. The number of nitrogens with one attached hydrogen (secondary N) is 1. The lowest BCUT2D eigenvalue weighted by Crippen LogP contribution is -2.41. The summed E-state index contributed by atoms with van der Waals surface area (Å²) in [6, 6.07) is 6.80. The maximum atomic E-state index is 13.3. The van der Waals surface area contributed by atoms with E-state index in [1.165, 1.54) is 19.1 Å². The van der Waals surface area contributed by atoms with Crippen molar-refractivity contribution in [3.05, 3.63) is 42.2 Å². The Balaban J connectivity index is 1.42. The first-order chi connectivity index (χ1) is 14.4. The molecule has 9 heteroatoms. The Labute approximate surface area is 172 Å². The van der Waals surface area contributed by atoms with Crippen LogP contribution >= 0.6 is 0 Å². The molecule has 2 amide bonds. The van der Waals surface area contributed by atoms with Crippen LogP contribution in [0.5, 0.6) is 11.5 Å². The van der Waals surface area contributed by atoms with Crippen molar-refractivity contribution in [2.45, 2.75) is 18.6 Å².